The number of nitrogens with one attached hydrogen (secondary N) is 2. The quantitative estimate of drug-likeness (QED) is 0.896. The molecule has 0 aromatic carbocycles. The number of aromatic nitrogens is 1. The van der Waals surface area contributed by atoms with E-state index < -0.39 is 0 Å². The number of amides is 2. The van der Waals surface area contributed by atoms with Crippen molar-refractivity contribution >= 4 is 6.03 Å². The Hall–Kier alpha value is -1.62. The molecule has 0 saturated heterocycles. The molecule has 1 aliphatic carbocycles. The second-order valence-electron chi connectivity index (χ2n) is 6.51. The minimum atomic E-state index is -0.183. The molecular weight excluding hydrogens is 266 g/mol. The number of carbonyl (C=O) groups excluding carboxylic acids is 1. The molecule has 1 saturated carbocycles. The van der Waals surface area contributed by atoms with Crippen molar-refractivity contribution in [2.45, 2.75) is 51.8 Å². The lowest BCUT2D eigenvalue weighted by Gasteiger charge is -2.59. The molecular formula is C16H25N3O2. The van der Waals surface area contributed by atoms with Crippen LogP contribution in [0.25, 0.3) is 0 Å². The van der Waals surface area contributed by atoms with Gasteiger partial charge in [0.05, 0.1) is 17.3 Å². The molecule has 2 amide bonds. The van der Waals surface area contributed by atoms with Gasteiger partial charge in [0.1, 0.15) is 0 Å². The lowest BCUT2D eigenvalue weighted by Crippen LogP contribution is -2.69. The van der Waals surface area contributed by atoms with Crippen LogP contribution in [0, 0.1) is 5.41 Å². The first-order valence-corrected chi connectivity index (χ1v) is 7.33. The van der Waals surface area contributed by atoms with Crippen molar-refractivity contribution in [2.24, 2.45) is 5.41 Å². The molecule has 3 atom stereocenters. The van der Waals surface area contributed by atoms with Crippen molar-refractivity contribution in [1.82, 2.24) is 15.6 Å². The van der Waals surface area contributed by atoms with Crippen molar-refractivity contribution in [2.75, 3.05) is 7.11 Å². The number of rotatable bonds is 4. The van der Waals surface area contributed by atoms with E-state index in [9.17, 15) is 4.79 Å². The molecule has 0 aliphatic heterocycles. The topological polar surface area (TPSA) is 63.2 Å². The van der Waals surface area contributed by atoms with Crippen LogP contribution in [0.4, 0.5) is 4.79 Å². The van der Waals surface area contributed by atoms with Crippen molar-refractivity contribution in [3.63, 3.8) is 0 Å². The number of nitrogens with zero attached hydrogens (tertiary/aromatic N) is 1. The Balaban J connectivity index is 1.89. The molecule has 1 aromatic rings. The molecule has 116 valence electrons. The molecule has 5 heteroatoms. The molecule has 0 radical (unpaired) electrons. The SMILES string of the molecule is CO[C@]1(C)C[C@H](NC(=O)N[C@H](C)c2ccccn2)C1(C)C. The number of hydrogen-bond donors (Lipinski definition) is 2. The van der Waals surface area contributed by atoms with Crippen LogP contribution >= 0.6 is 0 Å². The molecule has 0 spiro atoms. The number of pyridine rings is 1. The summed E-state index contributed by atoms with van der Waals surface area (Å²) in [6, 6.07) is 5.50. The Morgan fingerprint density at radius 1 is 1.43 bits per heavy atom. The maximum absolute atomic E-state index is 12.1. The Morgan fingerprint density at radius 2 is 2.14 bits per heavy atom. The fourth-order valence-corrected chi connectivity index (χ4v) is 2.83. The number of hydrogen-bond acceptors (Lipinski definition) is 3. The monoisotopic (exact) mass is 291 g/mol. The van der Waals surface area contributed by atoms with Gasteiger partial charge in [-0.1, -0.05) is 19.9 Å². The van der Waals surface area contributed by atoms with Gasteiger partial charge in [0.15, 0.2) is 0 Å². The summed E-state index contributed by atoms with van der Waals surface area (Å²) < 4.78 is 5.57. The highest BCUT2D eigenvalue weighted by atomic mass is 16.5. The van der Waals surface area contributed by atoms with Crippen LogP contribution in [-0.2, 0) is 4.74 Å². The van der Waals surface area contributed by atoms with E-state index in [1.54, 1.807) is 13.3 Å². The summed E-state index contributed by atoms with van der Waals surface area (Å²) in [5.74, 6) is 0. The molecule has 0 unspecified atom stereocenters. The highest BCUT2D eigenvalue weighted by Gasteiger charge is 2.58. The minimum absolute atomic E-state index is 0.0900. The van der Waals surface area contributed by atoms with Gasteiger partial charge in [0.25, 0.3) is 0 Å². The van der Waals surface area contributed by atoms with E-state index in [1.807, 2.05) is 25.1 Å². The van der Waals surface area contributed by atoms with Crippen molar-refractivity contribution in [3.8, 4) is 0 Å². The zero-order chi connectivity index (χ0) is 15.7. The van der Waals surface area contributed by atoms with Gasteiger partial charge >= 0.3 is 6.03 Å². The fraction of sp³-hybridized carbons (Fsp3) is 0.625. The predicted molar refractivity (Wildman–Crippen MR) is 81.9 cm³/mol. The summed E-state index contributed by atoms with van der Waals surface area (Å²) in [5.41, 5.74) is 0.576. The van der Waals surface area contributed by atoms with Gasteiger partial charge in [-0.3, -0.25) is 4.98 Å². The van der Waals surface area contributed by atoms with Gasteiger partial charge in [-0.15, -0.1) is 0 Å². The Labute approximate surface area is 126 Å². The Kier molecular flexibility index (Phi) is 4.23. The lowest BCUT2D eigenvalue weighted by atomic mass is 9.56. The number of methoxy groups -OCH3 is 1. The highest BCUT2D eigenvalue weighted by molar-refractivity contribution is 5.75. The second kappa shape index (κ2) is 5.64. The van der Waals surface area contributed by atoms with Gasteiger partial charge in [-0.05, 0) is 32.4 Å². The van der Waals surface area contributed by atoms with Crippen molar-refractivity contribution in [1.29, 1.82) is 0 Å². The number of ether oxygens (including phenoxy) is 1. The van der Waals surface area contributed by atoms with Crippen LogP contribution in [0.3, 0.4) is 0 Å². The maximum Gasteiger partial charge on any atom is 0.315 e. The summed E-state index contributed by atoms with van der Waals surface area (Å²) in [6.07, 6.45) is 2.55. The van der Waals surface area contributed by atoms with Gasteiger partial charge < -0.3 is 15.4 Å². The molecule has 1 fully saturated rings. The van der Waals surface area contributed by atoms with E-state index in [4.69, 9.17) is 4.74 Å². The van der Waals surface area contributed by atoms with Crippen molar-refractivity contribution in [3.05, 3.63) is 30.1 Å². The number of urea groups is 1. The largest absolute Gasteiger partial charge is 0.378 e. The zero-order valence-electron chi connectivity index (χ0n) is 13.4. The third-order valence-corrected chi connectivity index (χ3v) is 5.06. The maximum atomic E-state index is 12.1. The van der Waals surface area contributed by atoms with Gasteiger partial charge in [-0.25, -0.2) is 4.79 Å². The van der Waals surface area contributed by atoms with Crippen LogP contribution < -0.4 is 10.6 Å². The fourth-order valence-electron chi connectivity index (χ4n) is 2.83. The van der Waals surface area contributed by atoms with E-state index >= 15 is 0 Å². The highest BCUT2D eigenvalue weighted by Crippen LogP contribution is 2.51. The second-order valence-corrected chi connectivity index (χ2v) is 6.51. The number of carbonyl (C=O) groups is 1. The van der Waals surface area contributed by atoms with E-state index in [0.29, 0.717) is 0 Å². The summed E-state index contributed by atoms with van der Waals surface area (Å²) in [7, 11) is 1.72. The van der Waals surface area contributed by atoms with Crippen LogP contribution in [0.5, 0.6) is 0 Å². The smallest absolute Gasteiger partial charge is 0.315 e. The summed E-state index contributed by atoms with van der Waals surface area (Å²) >= 11 is 0. The van der Waals surface area contributed by atoms with E-state index in [0.717, 1.165) is 12.1 Å². The summed E-state index contributed by atoms with van der Waals surface area (Å²) in [5, 5.41) is 5.96. The first-order valence-electron chi connectivity index (χ1n) is 7.33. The average Bonchev–Trinajstić information content (AvgIpc) is 2.47. The standard InChI is InChI=1S/C16H25N3O2/c1-11(12-8-6-7-9-17-12)18-14(20)19-13-10-16(4,21-5)15(13,2)3/h6-9,11,13H,10H2,1-5H3,(H2,18,19,20)/t11-,13+,16-/m1/s1. The van der Waals surface area contributed by atoms with Gasteiger partial charge in [-0.2, -0.15) is 0 Å². The predicted octanol–water partition coefficient (Wildman–Crippen LogP) is 2.65. The van der Waals surface area contributed by atoms with Gasteiger partial charge in [0.2, 0.25) is 0 Å². The Bertz CT molecular complexity index is 504. The van der Waals surface area contributed by atoms with E-state index in [1.165, 1.54) is 0 Å². The Morgan fingerprint density at radius 3 is 2.67 bits per heavy atom. The lowest BCUT2D eigenvalue weighted by molar-refractivity contribution is -0.177. The zero-order valence-corrected chi connectivity index (χ0v) is 13.4. The van der Waals surface area contributed by atoms with Crippen molar-refractivity contribution < 1.29 is 9.53 Å². The molecule has 5 nitrogen and oxygen atoms in total. The summed E-state index contributed by atoms with van der Waals surface area (Å²) in [6.45, 7) is 8.24. The first kappa shape index (κ1) is 15.8. The molecule has 1 aromatic heterocycles. The van der Waals surface area contributed by atoms with Crippen LogP contribution in [0.15, 0.2) is 24.4 Å². The van der Waals surface area contributed by atoms with Crippen LogP contribution in [-0.4, -0.2) is 29.8 Å². The first-order chi connectivity index (χ1) is 9.80. The third-order valence-electron chi connectivity index (χ3n) is 5.06. The molecule has 21 heavy (non-hydrogen) atoms. The molecule has 2 N–H and O–H groups in total. The average molecular weight is 291 g/mol. The normalized spacial score (nSPS) is 28.3. The summed E-state index contributed by atoms with van der Waals surface area (Å²) in [4.78, 5) is 16.4. The van der Waals surface area contributed by atoms with Crippen LogP contribution in [0.1, 0.15) is 45.9 Å². The van der Waals surface area contributed by atoms with Crippen LogP contribution in [0.2, 0.25) is 0 Å². The van der Waals surface area contributed by atoms with Gasteiger partial charge in [0, 0.05) is 24.8 Å². The molecule has 2 rings (SSSR count). The van der Waals surface area contributed by atoms with E-state index in [-0.39, 0.29) is 29.1 Å². The molecule has 1 heterocycles. The third kappa shape index (κ3) is 2.88. The van der Waals surface area contributed by atoms with E-state index in [2.05, 4.69) is 36.4 Å². The minimum Gasteiger partial charge on any atom is -0.378 e. The molecule has 1 aliphatic rings. The molecule has 0 bridgehead atoms.